The summed E-state index contributed by atoms with van der Waals surface area (Å²) >= 11 is 12.1. The molecule has 1 heterocycles. The van der Waals surface area contributed by atoms with Crippen molar-refractivity contribution in [3.63, 3.8) is 0 Å². The van der Waals surface area contributed by atoms with Gasteiger partial charge in [-0.1, -0.05) is 29.3 Å². The van der Waals surface area contributed by atoms with Crippen LogP contribution in [0.15, 0.2) is 36.4 Å². The van der Waals surface area contributed by atoms with Crippen molar-refractivity contribution in [3.8, 4) is 11.1 Å². The fourth-order valence-corrected chi connectivity index (χ4v) is 3.65. The number of halogens is 3. The summed E-state index contributed by atoms with van der Waals surface area (Å²) in [5.41, 5.74) is 1.52. The van der Waals surface area contributed by atoms with Gasteiger partial charge in [0.15, 0.2) is 0 Å². The first-order valence-electron chi connectivity index (χ1n) is 8.29. The van der Waals surface area contributed by atoms with Crippen molar-refractivity contribution in [2.75, 3.05) is 31.6 Å². The molecule has 1 N–H and O–H groups in total. The zero-order chi connectivity index (χ0) is 18.8. The number of anilines is 1. The highest BCUT2D eigenvalue weighted by molar-refractivity contribution is 6.42. The summed E-state index contributed by atoms with van der Waals surface area (Å²) in [6.07, 6.45) is -0.128. The first-order chi connectivity index (χ1) is 12.3. The minimum atomic E-state index is -1.06. The molecule has 0 unspecified atom stereocenters. The Morgan fingerprint density at radius 1 is 1.27 bits per heavy atom. The van der Waals surface area contributed by atoms with Crippen LogP contribution < -0.4 is 4.90 Å². The highest BCUT2D eigenvalue weighted by Gasteiger charge is 2.27. The van der Waals surface area contributed by atoms with E-state index in [1.807, 2.05) is 7.05 Å². The molecule has 1 aliphatic heterocycles. The van der Waals surface area contributed by atoms with Crippen LogP contribution in [0.1, 0.15) is 6.42 Å². The molecule has 0 radical (unpaired) electrons. The van der Waals surface area contributed by atoms with E-state index in [0.29, 0.717) is 33.4 Å². The SMILES string of the molecule is CN1CC[C@H](CN(C(=O)O)c2ccc(F)cc2-c2ccc(Cl)c(Cl)c2)C1. The molecule has 1 aliphatic rings. The average molecular weight is 397 g/mol. The van der Waals surface area contributed by atoms with Crippen LogP contribution >= 0.6 is 23.2 Å². The third-order valence-corrected chi connectivity index (χ3v) is 5.38. The van der Waals surface area contributed by atoms with Gasteiger partial charge in [-0.15, -0.1) is 0 Å². The maximum absolute atomic E-state index is 13.9. The quantitative estimate of drug-likeness (QED) is 0.768. The third kappa shape index (κ3) is 4.11. The van der Waals surface area contributed by atoms with Crippen molar-refractivity contribution in [2.45, 2.75) is 6.42 Å². The minimum absolute atomic E-state index is 0.239. The summed E-state index contributed by atoms with van der Waals surface area (Å²) in [5, 5.41) is 10.5. The fraction of sp³-hybridized carbons (Fsp3) is 0.316. The topological polar surface area (TPSA) is 43.8 Å². The van der Waals surface area contributed by atoms with Gasteiger partial charge in [0.05, 0.1) is 15.7 Å². The number of hydrogen-bond acceptors (Lipinski definition) is 2. The summed E-state index contributed by atoms with van der Waals surface area (Å²) in [6.45, 7) is 2.15. The third-order valence-electron chi connectivity index (χ3n) is 4.64. The van der Waals surface area contributed by atoms with Crippen molar-refractivity contribution < 1.29 is 14.3 Å². The van der Waals surface area contributed by atoms with Crippen molar-refractivity contribution >= 4 is 35.0 Å². The van der Waals surface area contributed by atoms with Crippen LogP contribution in [0.2, 0.25) is 10.0 Å². The number of nitrogens with zero attached hydrogens (tertiary/aromatic N) is 2. The standard InChI is InChI=1S/C19H19Cl2FN2O2/c1-23-7-6-12(10-23)11-24(19(25)26)18-5-3-14(22)9-15(18)13-2-4-16(20)17(21)8-13/h2-5,8-9,12H,6-7,10-11H2,1H3,(H,25,26)/t12-/m0/s1. The molecule has 0 spiro atoms. The Hall–Kier alpha value is -1.82. The molecular formula is C19H19Cl2FN2O2. The molecule has 2 aromatic rings. The molecule has 7 heteroatoms. The van der Waals surface area contributed by atoms with E-state index in [2.05, 4.69) is 4.90 Å². The lowest BCUT2D eigenvalue weighted by atomic mass is 10.0. The average Bonchev–Trinajstić information content (AvgIpc) is 3.00. The number of benzene rings is 2. The van der Waals surface area contributed by atoms with Gasteiger partial charge in [0.25, 0.3) is 0 Å². The number of amides is 1. The van der Waals surface area contributed by atoms with Crippen LogP contribution in [0.4, 0.5) is 14.9 Å². The van der Waals surface area contributed by atoms with E-state index >= 15 is 0 Å². The molecule has 0 aromatic heterocycles. The Morgan fingerprint density at radius 2 is 2.04 bits per heavy atom. The molecule has 138 valence electrons. The van der Waals surface area contributed by atoms with Gasteiger partial charge in [0, 0.05) is 18.7 Å². The van der Waals surface area contributed by atoms with Crippen molar-refractivity contribution in [1.29, 1.82) is 0 Å². The van der Waals surface area contributed by atoms with Crippen molar-refractivity contribution in [2.24, 2.45) is 5.92 Å². The number of carbonyl (C=O) groups is 1. The van der Waals surface area contributed by atoms with E-state index in [1.165, 1.54) is 23.1 Å². The van der Waals surface area contributed by atoms with Crippen LogP contribution in [-0.2, 0) is 0 Å². The summed E-state index contributed by atoms with van der Waals surface area (Å²) in [7, 11) is 2.02. The Morgan fingerprint density at radius 3 is 2.65 bits per heavy atom. The Kier molecular flexibility index (Phi) is 5.70. The highest BCUT2D eigenvalue weighted by atomic mass is 35.5. The predicted octanol–water partition coefficient (Wildman–Crippen LogP) is 5.24. The molecule has 2 aromatic carbocycles. The zero-order valence-corrected chi connectivity index (χ0v) is 15.8. The molecule has 3 rings (SSSR count). The fourth-order valence-electron chi connectivity index (χ4n) is 3.35. The summed E-state index contributed by atoms with van der Waals surface area (Å²) in [6, 6.07) is 9.03. The highest BCUT2D eigenvalue weighted by Crippen LogP contribution is 2.36. The van der Waals surface area contributed by atoms with Crippen molar-refractivity contribution in [1.82, 2.24) is 4.90 Å². The normalized spacial score (nSPS) is 17.5. The molecule has 0 bridgehead atoms. The van der Waals surface area contributed by atoms with E-state index < -0.39 is 11.9 Å². The van der Waals surface area contributed by atoms with Crippen molar-refractivity contribution in [3.05, 3.63) is 52.3 Å². The van der Waals surface area contributed by atoms with Crippen LogP contribution in [0.25, 0.3) is 11.1 Å². The Balaban J connectivity index is 2.01. The number of rotatable bonds is 4. The van der Waals surface area contributed by atoms with Gasteiger partial charge in [0.1, 0.15) is 5.82 Å². The second-order valence-corrected chi connectivity index (χ2v) is 7.41. The Bertz CT molecular complexity index is 831. The van der Waals surface area contributed by atoms with E-state index in [1.54, 1.807) is 18.2 Å². The molecular weight excluding hydrogens is 378 g/mol. The number of hydrogen-bond donors (Lipinski definition) is 1. The molecule has 1 atom stereocenters. The van der Waals surface area contributed by atoms with Gasteiger partial charge < -0.3 is 10.0 Å². The smallest absolute Gasteiger partial charge is 0.411 e. The van der Waals surface area contributed by atoms with Gasteiger partial charge in [-0.3, -0.25) is 4.90 Å². The molecule has 26 heavy (non-hydrogen) atoms. The lowest BCUT2D eigenvalue weighted by Crippen LogP contribution is -2.35. The van der Waals surface area contributed by atoms with E-state index in [4.69, 9.17) is 23.2 Å². The van der Waals surface area contributed by atoms with E-state index in [-0.39, 0.29) is 5.92 Å². The van der Waals surface area contributed by atoms with Crippen LogP contribution in [0.3, 0.4) is 0 Å². The molecule has 1 fully saturated rings. The number of likely N-dealkylation sites (tertiary alicyclic amines) is 1. The lowest BCUT2D eigenvalue weighted by Gasteiger charge is -2.25. The summed E-state index contributed by atoms with van der Waals surface area (Å²) in [4.78, 5) is 15.4. The van der Waals surface area contributed by atoms with Gasteiger partial charge in [-0.25, -0.2) is 9.18 Å². The summed E-state index contributed by atoms with van der Waals surface area (Å²) < 4.78 is 13.9. The van der Waals surface area contributed by atoms with Gasteiger partial charge in [-0.2, -0.15) is 0 Å². The predicted molar refractivity (Wildman–Crippen MR) is 103 cm³/mol. The van der Waals surface area contributed by atoms with Gasteiger partial charge >= 0.3 is 6.09 Å². The monoisotopic (exact) mass is 396 g/mol. The van der Waals surface area contributed by atoms with Crippen LogP contribution in [0.5, 0.6) is 0 Å². The van der Waals surface area contributed by atoms with E-state index in [9.17, 15) is 14.3 Å². The van der Waals surface area contributed by atoms with Gasteiger partial charge in [-0.05, 0) is 61.8 Å². The Labute approximate surface area is 161 Å². The van der Waals surface area contributed by atoms with E-state index in [0.717, 1.165) is 19.5 Å². The molecule has 0 saturated carbocycles. The summed E-state index contributed by atoms with van der Waals surface area (Å²) in [5.74, 6) is -0.205. The largest absolute Gasteiger partial charge is 0.465 e. The number of carboxylic acid groups (broad SMARTS) is 1. The zero-order valence-electron chi connectivity index (χ0n) is 14.3. The molecule has 0 aliphatic carbocycles. The van der Waals surface area contributed by atoms with Crippen LogP contribution in [0, 0.1) is 11.7 Å². The minimum Gasteiger partial charge on any atom is -0.465 e. The first-order valence-corrected chi connectivity index (χ1v) is 9.04. The second kappa shape index (κ2) is 7.82. The lowest BCUT2D eigenvalue weighted by molar-refractivity contribution is 0.200. The molecule has 1 saturated heterocycles. The van der Waals surface area contributed by atoms with Crippen LogP contribution in [-0.4, -0.2) is 42.8 Å². The first kappa shape index (κ1) is 19.0. The second-order valence-electron chi connectivity index (χ2n) is 6.60. The molecule has 4 nitrogen and oxygen atoms in total. The maximum Gasteiger partial charge on any atom is 0.411 e. The van der Waals surface area contributed by atoms with Gasteiger partial charge in [0.2, 0.25) is 0 Å². The maximum atomic E-state index is 13.9. The molecule has 1 amide bonds.